The Kier molecular flexibility index (Phi) is 4.79. The quantitative estimate of drug-likeness (QED) is 0.674. The summed E-state index contributed by atoms with van der Waals surface area (Å²) < 4.78 is 8.75. The van der Waals surface area contributed by atoms with Gasteiger partial charge in [-0.1, -0.05) is 11.6 Å². The third-order valence-electron chi connectivity index (χ3n) is 5.72. The van der Waals surface area contributed by atoms with Crippen molar-refractivity contribution in [1.82, 2.24) is 19.2 Å². The van der Waals surface area contributed by atoms with E-state index in [1.165, 1.54) is 0 Å². The summed E-state index contributed by atoms with van der Waals surface area (Å²) in [7, 11) is 0. The van der Waals surface area contributed by atoms with Crippen LogP contribution in [0.3, 0.4) is 0 Å². The predicted molar refractivity (Wildman–Crippen MR) is 107 cm³/mol. The van der Waals surface area contributed by atoms with Gasteiger partial charge in [0.15, 0.2) is 5.58 Å². The molecule has 1 atom stereocenters. The van der Waals surface area contributed by atoms with Crippen LogP contribution in [0.4, 0.5) is 0 Å². The van der Waals surface area contributed by atoms with Gasteiger partial charge < -0.3 is 9.32 Å². The van der Waals surface area contributed by atoms with Crippen LogP contribution in [-0.4, -0.2) is 38.2 Å². The molecule has 8 heteroatoms. The van der Waals surface area contributed by atoms with E-state index in [2.05, 4.69) is 5.10 Å². The standard InChI is InChI=1S/C20H23ClN4O3/c1-12-13(2)22-24(14(12)3)11-19(26)23-8-4-5-16(10-23)25-17-9-15(21)6-7-18(17)28-20(25)27/h6-7,9,16H,4-5,8,10-11H2,1-3H3. The minimum Gasteiger partial charge on any atom is -0.408 e. The van der Waals surface area contributed by atoms with E-state index in [0.29, 0.717) is 29.2 Å². The van der Waals surface area contributed by atoms with Gasteiger partial charge in [-0.25, -0.2) is 4.79 Å². The maximum Gasteiger partial charge on any atom is 0.420 e. The number of carbonyl (C=O) groups is 1. The van der Waals surface area contributed by atoms with E-state index >= 15 is 0 Å². The zero-order chi connectivity index (χ0) is 20.0. The highest BCUT2D eigenvalue weighted by atomic mass is 35.5. The van der Waals surface area contributed by atoms with Crippen molar-refractivity contribution < 1.29 is 9.21 Å². The van der Waals surface area contributed by atoms with Crippen LogP contribution in [-0.2, 0) is 11.3 Å². The van der Waals surface area contributed by atoms with Crippen molar-refractivity contribution in [2.45, 2.75) is 46.2 Å². The summed E-state index contributed by atoms with van der Waals surface area (Å²) in [6, 6.07) is 5.00. The smallest absolute Gasteiger partial charge is 0.408 e. The summed E-state index contributed by atoms with van der Waals surface area (Å²) in [4.78, 5) is 27.1. The lowest BCUT2D eigenvalue weighted by Crippen LogP contribution is -2.43. The molecule has 1 fully saturated rings. The van der Waals surface area contributed by atoms with E-state index in [4.69, 9.17) is 16.0 Å². The summed E-state index contributed by atoms with van der Waals surface area (Å²) >= 11 is 6.11. The average molecular weight is 403 g/mol. The zero-order valence-electron chi connectivity index (χ0n) is 16.2. The third-order valence-corrected chi connectivity index (χ3v) is 5.95. The molecule has 1 aliphatic heterocycles. The minimum absolute atomic E-state index is 0.00850. The van der Waals surface area contributed by atoms with Gasteiger partial charge in [-0.05, 0) is 57.4 Å². The fraction of sp³-hybridized carbons (Fsp3) is 0.450. The summed E-state index contributed by atoms with van der Waals surface area (Å²) in [6.07, 6.45) is 1.63. The summed E-state index contributed by atoms with van der Waals surface area (Å²) in [5, 5.41) is 5.01. The first-order chi connectivity index (χ1) is 13.3. The second-order valence-electron chi connectivity index (χ2n) is 7.44. The Labute approximate surface area is 167 Å². The van der Waals surface area contributed by atoms with Crippen LogP contribution >= 0.6 is 11.6 Å². The van der Waals surface area contributed by atoms with Crippen LogP contribution in [0.2, 0.25) is 5.02 Å². The molecule has 3 heterocycles. The SMILES string of the molecule is Cc1nn(CC(=O)N2CCCC(n3c(=O)oc4ccc(Cl)cc43)C2)c(C)c1C. The summed E-state index contributed by atoms with van der Waals surface area (Å²) in [5.41, 5.74) is 4.24. The first-order valence-corrected chi connectivity index (χ1v) is 9.82. The average Bonchev–Trinajstić information content (AvgIpc) is 3.12. The molecule has 28 heavy (non-hydrogen) atoms. The molecule has 0 saturated carbocycles. The number of oxazole rings is 1. The number of likely N-dealkylation sites (tertiary alicyclic amines) is 1. The molecule has 1 unspecified atom stereocenters. The Hall–Kier alpha value is -2.54. The number of hydrogen-bond acceptors (Lipinski definition) is 4. The van der Waals surface area contributed by atoms with Crippen molar-refractivity contribution in [3.63, 3.8) is 0 Å². The maximum atomic E-state index is 12.9. The highest BCUT2D eigenvalue weighted by molar-refractivity contribution is 6.31. The van der Waals surface area contributed by atoms with Gasteiger partial charge in [0.2, 0.25) is 5.91 Å². The first-order valence-electron chi connectivity index (χ1n) is 9.44. The molecule has 1 amide bonds. The number of halogens is 1. The van der Waals surface area contributed by atoms with Crippen LogP contribution in [0, 0.1) is 20.8 Å². The van der Waals surface area contributed by atoms with Gasteiger partial charge in [0.25, 0.3) is 0 Å². The van der Waals surface area contributed by atoms with Gasteiger partial charge in [0.1, 0.15) is 6.54 Å². The monoisotopic (exact) mass is 402 g/mol. The number of benzene rings is 1. The van der Waals surface area contributed by atoms with Gasteiger partial charge in [0.05, 0.1) is 17.3 Å². The molecule has 1 aliphatic rings. The van der Waals surface area contributed by atoms with Gasteiger partial charge in [-0.15, -0.1) is 0 Å². The summed E-state index contributed by atoms with van der Waals surface area (Å²) in [5.74, 6) is -0.403. The van der Waals surface area contributed by atoms with Crippen LogP contribution in [0.5, 0.6) is 0 Å². The molecular formula is C20H23ClN4O3. The number of nitrogens with zero attached hydrogens (tertiary/aromatic N) is 4. The molecule has 4 rings (SSSR count). The van der Waals surface area contributed by atoms with Crippen LogP contribution in [0.1, 0.15) is 35.8 Å². The van der Waals surface area contributed by atoms with Crippen LogP contribution < -0.4 is 5.76 Å². The van der Waals surface area contributed by atoms with E-state index in [9.17, 15) is 9.59 Å². The Morgan fingerprint density at radius 1 is 1.32 bits per heavy atom. The number of rotatable bonds is 3. The lowest BCUT2D eigenvalue weighted by atomic mass is 10.1. The number of aryl methyl sites for hydroxylation is 1. The number of fused-ring (bicyclic) bond motifs is 1. The van der Waals surface area contributed by atoms with Gasteiger partial charge in [-0.3, -0.25) is 14.0 Å². The molecule has 0 aliphatic carbocycles. The fourth-order valence-electron chi connectivity index (χ4n) is 3.91. The van der Waals surface area contributed by atoms with Gasteiger partial charge >= 0.3 is 5.76 Å². The molecule has 3 aromatic rings. The second kappa shape index (κ2) is 7.13. The van der Waals surface area contributed by atoms with Crippen molar-refractivity contribution in [2.24, 2.45) is 0 Å². The zero-order valence-corrected chi connectivity index (χ0v) is 17.0. The van der Waals surface area contributed by atoms with E-state index in [0.717, 1.165) is 29.8 Å². The van der Waals surface area contributed by atoms with E-state index in [1.54, 1.807) is 27.4 Å². The van der Waals surface area contributed by atoms with Gasteiger partial charge in [0, 0.05) is 23.8 Å². The Balaban J connectivity index is 1.57. The van der Waals surface area contributed by atoms with E-state index in [-0.39, 0.29) is 18.5 Å². The number of amides is 1. The van der Waals surface area contributed by atoms with Crippen LogP contribution in [0.25, 0.3) is 11.1 Å². The van der Waals surface area contributed by atoms with Crippen molar-refractivity contribution >= 4 is 28.6 Å². The number of carbonyl (C=O) groups excluding carboxylic acids is 1. The maximum absolute atomic E-state index is 12.9. The van der Waals surface area contributed by atoms with Crippen molar-refractivity contribution in [1.29, 1.82) is 0 Å². The number of piperidine rings is 1. The van der Waals surface area contributed by atoms with Crippen molar-refractivity contribution in [3.05, 3.63) is 50.7 Å². The Morgan fingerprint density at radius 2 is 2.11 bits per heavy atom. The predicted octanol–water partition coefficient (Wildman–Crippen LogP) is 3.23. The lowest BCUT2D eigenvalue weighted by molar-refractivity contribution is -0.133. The van der Waals surface area contributed by atoms with E-state index in [1.807, 2.05) is 25.7 Å². The molecule has 7 nitrogen and oxygen atoms in total. The highest BCUT2D eigenvalue weighted by Crippen LogP contribution is 2.27. The summed E-state index contributed by atoms with van der Waals surface area (Å²) in [6.45, 7) is 7.29. The Bertz CT molecular complexity index is 1110. The Morgan fingerprint density at radius 3 is 2.82 bits per heavy atom. The molecule has 1 saturated heterocycles. The molecular weight excluding hydrogens is 380 g/mol. The third kappa shape index (κ3) is 3.24. The van der Waals surface area contributed by atoms with Crippen molar-refractivity contribution in [3.8, 4) is 0 Å². The molecule has 0 radical (unpaired) electrons. The second-order valence-corrected chi connectivity index (χ2v) is 7.88. The lowest BCUT2D eigenvalue weighted by Gasteiger charge is -2.33. The first kappa shape index (κ1) is 18.8. The minimum atomic E-state index is -0.411. The normalized spacial score (nSPS) is 17.4. The van der Waals surface area contributed by atoms with Crippen LogP contribution in [0.15, 0.2) is 27.4 Å². The molecule has 0 N–H and O–H groups in total. The topological polar surface area (TPSA) is 73.3 Å². The van der Waals surface area contributed by atoms with Gasteiger partial charge in [-0.2, -0.15) is 5.10 Å². The van der Waals surface area contributed by atoms with Crippen molar-refractivity contribution in [2.75, 3.05) is 13.1 Å². The molecule has 0 spiro atoms. The molecule has 0 bridgehead atoms. The number of aromatic nitrogens is 3. The molecule has 1 aromatic carbocycles. The number of hydrogen-bond donors (Lipinski definition) is 0. The molecule has 2 aromatic heterocycles. The fourth-order valence-corrected chi connectivity index (χ4v) is 4.08. The largest absolute Gasteiger partial charge is 0.420 e. The van der Waals surface area contributed by atoms with E-state index < -0.39 is 5.76 Å². The molecule has 148 valence electrons. The highest BCUT2D eigenvalue weighted by Gasteiger charge is 2.28.